The van der Waals surface area contributed by atoms with Gasteiger partial charge in [-0.15, -0.1) is 0 Å². The Kier molecular flexibility index (Phi) is 5.83. The van der Waals surface area contributed by atoms with Gasteiger partial charge in [0.2, 0.25) is 0 Å². The lowest BCUT2D eigenvalue weighted by molar-refractivity contribution is -0.385. The quantitative estimate of drug-likeness (QED) is 0.481. The van der Waals surface area contributed by atoms with E-state index in [1.807, 2.05) is 5.32 Å². The Morgan fingerprint density at radius 3 is 2.42 bits per heavy atom. The summed E-state index contributed by atoms with van der Waals surface area (Å²) in [6.07, 6.45) is -1.48. The number of nitrogens with one attached hydrogen (secondary N) is 1. The normalized spacial score (nSPS) is 11.5. The number of esters is 1. The highest BCUT2D eigenvalue weighted by molar-refractivity contribution is 6.31. The van der Waals surface area contributed by atoms with E-state index in [1.165, 1.54) is 6.07 Å². The molecule has 1 amide bonds. The van der Waals surface area contributed by atoms with Gasteiger partial charge in [0.1, 0.15) is 22.9 Å². The highest BCUT2D eigenvalue weighted by Crippen LogP contribution is 2.24. The van der Waals surface area contributed by atoms with Gasteiger partial charge in [0, 0.05) is 11.1 Å². The summed E-state index contributed by atoms with van der Waals surface area (Å²) < 4.78 is 31.9. The molecule has 1 atom stereocenters. The van der Waals surface area contributed by atoms with E-state index >= 15 is 0 Å². The number of para-hydroxylation sites is 1. The van der Waals surface area contributed by atoms with Gasteiger partial charge in [-0.1, -0.05) is 17.7 Å². The van der Waals surface area contributed by atoms with Crippen LogP contribution >= 0.6 is 11.6 Å². The molecule has 2 rings (SSSR count). The molecule has 0 aliphatic carbocycles. The first-order valence-corrected chi connectivity index (χ1v) is 7.48. The van der Waals surface area contributed by atoms with Crippen molar-refractivity contribution in [3.05, 3.63) is 68.7 Å². The van der Waals surface area contributed by atoms with E-state index in [9.17, 15) is 28.5 Å². The van der Waals surface area contributed by atoms with E-state index in [2.05, 4.69) is 0 Å². The van der Waals surface area contributed by atoms with E-state index in [1.54, 1.807) is 0 Å². The van der Waals surface area contributed by atoms with Crippen LogP contribution in [0.25, 0.3) is 0 Å². The molecular formula is C16H11ClF2N2O5. The molecule has 0 fully saturated rings. The molecule has 0 saturated heterocycles. The van der Waals surface area contributed by atoms with Crippen LogP contribution in [0, 0.1) is 21.7 Å². The number of nitrogens with zero attached hydrogens (tertiary/aromatic N) is 1. The molecule has 0 aromatic heterocycles. The van der Waals surface area contributed by atoms with Crippen LogP contribution in [0.1, 0.15) is 17.3 Å². The average Bonchev–Trinajstić information content (AvgIpc) is 2.57. The topological polar surface area (TPSA) is 98.5 Å². The summed E-state index contributed by atoms with van der Waals surface area (Å²) in [4.78, 5) is 34.2. The van der Waals surface area contributed by atoms with Gasteiger partial charge >= 0.3 is 5.97 Å². The first kappa shape index (κ1) is 19.3. The van der Waals surface area contributed by atoms with Crippen LogP contribution in [0.15, 0.2) is 36.4 Å². The zero-order valence-corrected chi connectivity index (χ0v) is 13.9. The molecule has 0 bridgehead atoms. The van der Waals surface area contributed by atoms with Crippen LogP contribution in [0.4, 0.5) is 20.2 Å². The third kappa shape index (κ3) is 4.31. The summed E-state index contributed by atoms with van der Waals surface area (Å²) in [5.41, 5.74) is -1.72. The van der Waals surface area contributed by atoms with Crippen LogP contribution in [-0.2, 0) is 9.53 Å². The van der Waals surface area contributed by atoms with E-state index in [0.29, 0.717) is 0 Å². The minimum atomic E-state index is -1.48. The van der Waals surface area contributed by atoms with E-state index < -0.39 is 51.5 Å². The van der Waals surface area contributed by atoms with Crippen LogP contribution < -0.4 is 5.32 Å². The van der Waals surface area contributed by atoms with Crippen molar-refractivity contribution >= 4 is 34.9 Å². The predicted molar refractivity (Wildman–Crippen MR) is 88.0 cm³/mol. The van der Waals surface area contributed by atoms with Crippen molar-refractivity contribution in [2.24, 2.45) is 0 Å². The number of anilines is 1. The molecule has 1 unspecified atom stereocenters. The van der Waals surface area contributed by atoms with Gasteiger partial charge in [-0.3, -0.25) is 14.9 Å². The van der Waals surface area contributed by atoms with Crippen molar-refractivity contribution in [3.8, 4) is 0 Å². The number of amides is 1. The number of hydrogen-bond donors (Lipinski definition) is 1. The number of nitro benzene ring substituents is 1. The Hall–Kier alpha value is -3.07. The predicted octanol–water partition coefficient (Wildman–Crippen LogP) is 3.71. The summed E-state index contributed by atoms with van der Waals surface area (Å²) in [5.74, 6) is -4.19. The second-order valence-electron chi connectivity index (χ2n) is 5.05. The number of carbonyl (C=O) groups excluding carboxylic acids is 2. The van der Waals surface area contributed by atoms with Crippen molar-refractivity contribution in [1.82, 2.24) is 0 Å². The number of rotatable bonds is 5. The summed E-state index contributed by atoms with van der Waals surface area (Å²) >= 11 is 5.65. The van der Waals surface area contributed by atoms with E-state index in [0.717, 1.165) is 37.3 Å². The fourth-order valence-corrected chi connectivity index (χ4v) is 2.11. The summed E-state index contributed by atoms with van der Waals surface area (Å²) in [6, 6.07) is 6.26. The maximum atomic E-state index is 13.5. The SMILES string of the molecule is CC(OC(=O)c1ccc(Cl)cc1[N+](=O)[O-])C(=O)Nc1c(F)cccc1F. The average molecular weight is 385 g/mol. The van der Waals surface area contributed by atoms with Gasteiger partial charge in [-0.25, -0.2) is 13.6 Å². The molecule has 0 aliphatic rings. The number of hydrogen-bond acceptors (Lipinski definition) is 5. The second kappa shape index (κ2) is 7.87. The lowest BCUT2D eigenvalue weighted by atomic mass is 10.2. The molecule has 0 saturated carbocycles. The fraction of sp³-hybridized carbons (Fsp3) is 0.125. The minimum absolute atomic E-state index is 0.0362. The standard InChI is InChI=1S/C16H11ClF2N2O5/c1-8(15(22)20-14-11(18)3-2-4-12(14)19)26-16(23)10-6-5-9(17)7-13(10)21(24)25/h2-8H,1H3,(H,20,22). The van der Waals surface area contributed by atoms with E-state index in [4.69, 9.17) is 16.3 Å². The molecule has 0 spiro atoms. The van der Waals surface area contributed by atoms with Gasteiger partial charge < -0.3 is 10.1 Å². The van der Waals surface area contributed by atoms with Crippen molar-refractivity contribution in [1.29, 1.82) is 0 Å². The first-order valence-electron chi connectivity index (χ1n) is 7.10. The zero-order chi connectivity index (χ0) is 19.4. The number of ether oxygens (including phenoxy) is 1. The van der Waals surface area contributed by atoms with Gasteiger partial charge in [-0.05, 0) is 31.2 Å². The molecule has 7 nitrogen and oxygen atoms in total. The van der Waals surface area contributed by atoms with Gasteiger partial charge in [0.15, 0.2) is 6.10 Å². The van der Waals surface area contributed by atoms with Crippen LogP contribution in [-0.4, -0.2) is 22.9 Å². The molecule has 1 N–H and O–H groups in total. The molecule has 0 heterocycles. The Labute approximate surface area is 150 Å². The first-order chi connectivity index (χ1) is 12.2. The smallest absolute Gasteiger partial charge is 0.345 e. The van der Waals surface area contributed by atoms with Gasteiger partial charge in [0.25, 0.3) is 11.6 Å². The second-order valence-corrected chi connectivity index (χ2v) is 5.49. The maximum absolute atomic E-state index is 13.5. The Morgan fingerprint density at radius 2 is 1.85 bits per heavy atom. The summed E-state index contributed by atoms with van der Waals surface area (Å²) in [7, 11) is 0. The number of benzene rings is 2. The van der Waals surface area contributed by atoms with Crippen molar-refractivity contribution in [2.75, 3.05) is 5.32 Å². The van der Waals surface area contributed by atoms with Crippen LogP contribution in [0.5, 0.6) is 0 Å². The van der Waals surface area contributed by atoms with Crippen molar-refractivity contribution in [2.45, 2.75) is 13.0 Å². The van der Waals surface area contributed by atoms with Crippen molar-refractivity contribution in [3.63, 3.8) is 0 Å². The molecule has 10 heteroatoms. The summed E-state index contributed by atoms with van der Waals surface area (Å²) in [6.45, 7) is 1.15. The molecular weight excluding hydrogens is 374 g/mol. The van der Waals surface area contributed by atoms with Crippen LogP contribution in [0.3, 0.4) is 0 Å². The molecule has 0 aliphatic heterocycles. The monoisotopic (exact) mass is 384 g/mol. The van der Waals surface area contributed by atoms with Crippen LogP contribution in [0.2, 0.25) is 5.02 Å². The molecule has 2 aromatic rings. The van der Waals surface area contributed by atoms with Gasteiger partial charge in [0.05, 0.1) is 4.92 Å². The lowest BCUT2D eigenvalue weighted by Crippen LogP contribution is -2.30. The Morgan fingerprint density at radius 1 is 1.23 bits per heavy atom. The highest BCUT2D eigenvalue weighted by atomic mass is 35.5. The minimum Gasteiger partial charge on any atom is -0.449 e. The number of nitro groups is 1. The number of carbonyl (C=O) groups is 2. The largest absolute Gasteiger partial charge is 0.449 e. The maximum Gasteiger partial charge on any atom is 0.345 e. The number of halogens is 3. The molecule has 26 heavy (non-hydrogen) atoms. The van der Waals surface area contributed by atoms with Gasteiger partial charge in [-0.2, -0.15) is 0 Å². The Bertz CT molecular complexity index is 871. The van der Waals surface area contributed by atoms with Crippen molar-refractivity contribution < 1.29 is 28.0 Å². The molecule has 2 aromatic carbocycles. The Balaban J connectivity index is 2.14. The fourth-order valence-electron chi connectivity index (χ4n) is 1.95. The van der Waals surface area contributed by atoms with E-state index in [-0.39, 0.29) is 5.02 Å². The molecule has 0 radical (unpaired) electrons. The third-order valence-corrected chi connectivity index (χ3v) is 3.48. The molecule has 136 valence electrons. The lowest BCUT2D eigenvalue weighted by Gasteiger charge is -2.14. The zero-order valence-electron chi connectivity index (χ0n) is 13.2. The summed E-state index contributed by atoms with van der Waals surface area (Å²) in [5, 5.41) is 13.0. The highest BCUT2D eigenvalue weighted by Gasteiger charge is 2.26. The third-order valence-electron chi connectivity index (χ3n) is 3.24.